The van der Waals surface area contributed by atoms with Crippen LogP contribution < -0.4 is 5.32 Å². The Hall–Kier alpha value is -0.610. The van der Waals surface area contributed by atoms with Crippen LogP contribution in [-0.4, -0.2) is 23.2 Å². The quantitative estimate of drug-likeness (QED) is 0.866. The van der Waals surface area contributed by atoms with Crippen LogP contribution in [0.5, 0.6) is 0 Å². The average molecular weight is 274 g/mol. The number of likely N-dealkylation sites (N-methyl/N-ethyl adjacent to an activating group) is 1. The summed E-state index contributed by atoms with van der Waals surface area (Å²) in [5.41, 5.74) is 0. The lowest BCUT2D eigenvalue weighted by atomic mass is 10.0. The molecule has 1 aliphatic rings. The summed E-state index contributed by atoms with van der Waals surface area (Å²) in [6.07, 6.45) is 8.58. The number of hydrogen-bond donors (Lipinski definition) is 1. The summed E-state index contributed by atoms with van der Waals surface area (Å²) in [6.45, 7) is 2.12. The van der Waals surface area contributed by atoms with Crippen LogP contribution in [0.4, 0.5) is 0 Å². The molecule has 0 bridgehead atoms. The largest absolute Gasteiger partial charge is 0.339 e. The number of nitrogens with zero attached hydrogens (tertiary/aromatic N) is 2. The van der Waals surface area contributed by atoms with Crippen molar-refractivity contribution in [3.05, 3.63) is 11.7 Å². The molecule has 5 heteroatoms. The van der Waals surface area contributed by atoms with E-state index in [9.17, 15) is 0 Å². The molecule has 0 radical (unpaired) electrons. The zero-order valence-electron chi connectivity index (χ0n) is 11.3. The molecular weight excluding hydrogens is 250 g/mol. The van der Waals surface area contributed by atoms with Crippen LogP contribution in [0.3, 0.4) is 0 Å². The van der Waals surface area contributed by atoms with Crippen molar-refractivity contribution in [2.24, 2.45) is 5.92 Å². The Balaban J connectivity index is 0.00000162. The van der Waals surface area contributed by atoms with E-state index in [2.05, 4.69) is 22.4 Å². The van der Waals surface area contributed by atoms with E-state index in [0.717, 1.165) is 30.5 Å². The lowest BCUT2D eigenvalue weighted by Crippen LogP contribution is -2.24. The highest BCUT2D eigenvalue weighted by atomic mass is 35.5. The first-order valence-corrected chi connectivity index (χ1v) is 6.76. The van der Waals surface area contributed by atoms with E-state index in [1.54, 1.807) is 0 Å². The number of aryl methyl sites for hydroxylation is 1. The molecule has 104 valence electrons. The maximum Gasteiger partial charge on any atom is 0.226 e. The molecule has 1 N–H and O–H groups in total. The molecule has 1 aliphatic carbocycles. The minimum absolute atomic E-state index is 0. The molecular formula is C13H24ClN3O. The predicted octanol–water partition coefficient (Wildman–Crippen LogP) is 2.76. The van der Waals surface area contributed by atoms with Gasteiger partial charge in [0.05, 0.1) is 0 Å². The minimum Gasteiger partial charge on any atom is -0.339 e. The number of aromatic nitrogens is 2. The third-order valence-electron chi connectivity index (χ3n) is 3.73. The Kier molecular flexibility index (Phi) is 6.65. The molecule has 0 saturated heterocycles. The van der Waals surface area contributed by atoms with E-state index in [4.69, 9.17) is 4.52 Å². The monoisotopic (exact) mass is 273 g/mol. The van der Waals surface area contributed by atoms with Gasteiger partial charge in [-0.3, -0.25) is 0 Å². The van der Waals surface area contributed by atoms with Crippen LogP contribution in [-0.2, 0) is 12.8 Å². The summed E-state index contributed by atoms with van der Waals surface area (Å²) < 4.78 is 5.28. The Morgan fingerprint density at radius 2 is 2.11 bits per heavy atom. The highest BCUT2D eigenvalue weighted by molar-refractivity contribution is 5.85. The summed E-state index contributed by atoms with van der Waals surface area (Å²) in [7, 11) is 1.95. The molecule has 0 aromatic carbocycles. The maximum absolute atomic E-state index is 5.28. The molecule has 1 fully saturated rings. The smallest absolute Gasteiger partial charge is 0.226 e. The van der Waals surface area contributed by atoms with Gasteiger partial charge in [-0.1, -0.05) is 30.8 Å². The van der Waals surface area contributed by atoms with Gasteiger partial charge in [0.15, 0.2) is 5.82 Å². The molecule has 0 aliphatic heterocycles. The second kappa shape index (κ2) is 7.74. The topological polar surface area (TPSA) is 51.0 Å². The van der Waals surface area contributed by atoms with Gasteiger partial charge in [0.1, 0.15) is 0 Å². The normalized spacial score (nSPS) is 17.7. The first-order chi connectivity index (χ1) is 8.28. The molecule has 1 unspecified atom stereocenters. The molecule has 1 aromatic heterocycles. The molecule has 1 atom stereocenters. The first kappa shape index (κ1) is 15.4. The third kappa shape index (κ3) is 4.58. The highest BCUT2D eigenvalue weighted by Crippen LogP contribution is 2.28. The van der Waals surface area contributed by atoms with Crippen LogP contribution >= 0.6 is 12.4 Å². The molecule has 4 nitrogen and oxygen atoms in total. The first-order valence-electron chi connectivity index (χ1n) is 6.76. The zero-order valence-corrected chi connectivity index (χ0v) is 12.1. The van der Waals surface area contributed by atoms with Crippen molar-refractivity contribution in [3.8, 4) is 0 Å². The van der Waals surface area contributed by atoms with Crippen LogP contribution in [0, 0.1) is 5.92 Å². The molecule has 1 saturated carbocycles. The summed E-state index contributed by atoms with van der Waals surface area (Å²) in [4.78, 5) is 4.44. The van der Waals surface area contributed by atoms with Gasteiger partial charge in [-0.05, 0) is 26.3 Å². The summed E-state index contributed by atoms with van der Waals surface area (Å²) >= 11 is 0. The van der Waals surface area contributed by atoms with Crippen molar-refractivity contribution in [2.45, 2.75) is 57.9 Å². The van der Waals surface area contributed by atoms with Gasteiger partial charge in [0.25, 0.3) is 0 Å². The molecule has 2 rings (SSSR count). The fourth-order valence-electron chi connectivity index (χ4n) is 2.48. The van der Waals surface area contributed by atoms with Crippen LogP contribution in [0.25, 0.3) is 0 Å². The molecule has 0 amide bonds. The van der Waals surface area contributed by atoms with E-state index in [1.165, 1.54) is 32.1 Å². The highest BCUT2D eigenvalue weighted by Gasteiger charge is 2.16. The van der Waals surface area contributed by atoms with Crippen LogP contribution in [0.2, 0.25) is 0 Å². The lowest BCUT2D eigenvalue weighted by molar-refractivity contribution is 0.356. The number of nitrogens with one attached hydrogen (secondary N) is 1. The van der Waals surface area contributed by atoms with Crippen molar-refractivity contribution in [2.75, 3.05) is 7.05 Å². The van der Waals surface area contributed by atoms with E-state index in [1.807, 2.05) is 7.05 Å². The van der Waals surface area contributed by atoms with Crippen LogP contribution in [0.15, 0.2) is 4.52 Å². The van der Waals surface area contributed by atoms with E-state index >= 15 is 0 Å². The van der Waals surface area contributed by atoms with Crippen LogP contribution in [0.1, 0.15) is 50.7 Å². The van der Waals surface area contributed by atoms with E-state index in [-0.39, 0.29) is 12.4 Å². The van der Waals surface area contributed by atoms with E-state index in [0.29, 0.717) is 6.04 Å². The SMILES string of the molecule is CNC(C)Cc1noc(CCC2CCCC2)n1.Cl. The number of hydrogen-bond acceptors (Lipinski definition) is 4. The van der Waals surface area contributed by atoms with Crippen molar-refractivity contribution in [1.82, 2.24) is 15.5 Å². The Morgan fingerprint density at radius 1 is 1.39 bits per heavy atom. The Labute approximate surface area is 115 Å². The van der Waals surface area contributed by atoms with Crippen molar-refractivity contribution < 1.29 is 4.52 Å². The van der Waals surface area contributed by atoms with Crippen molar-refractivity contribution >= 4 is 12.4 Å². The predicted molar refractivity (Wildman–Crippen MR) is 74.1 cm³/mol. The Bertz CT molecular complexity index is 337. The molecule has 1 aromatic rings. The van der Waals surface area contributed by atoms with Crippen molar-refractivity contribution in [3.63, 3.8) is 0 Å². The van der Waals surface area contributed by atoms with Gasteiger partial charge in [0, 0.05) is 18.9 Å². The van der Waals surface area contributed by atoms with Crippen molar-refractivity contribution in [1.29, 1.82) is 0 Å². The summed E-state index contributed by atoms with van der Waals surface area (Å²) in [5.74, 6) is 2.53. The number of halogens is 1. The fourth-order valence-corrected chi connectivity index (χ4v) is 2.48. The second-order valence-corrected chi connectivity index (χ2v) is 5.19. The average Bonchev–Trinajstić information content (AvgIpc) is 2.97. The molecule has 0 spiro atoms. The zero-order chi connectivity index (χ0) is 12.1. The van der Waals surface area contributed by atoms with E-state index < -0.39 is 0 Å². The third-order valence-corrected chi connectivity index (χ3v) is 3.73. The molecule has 18 heavy (non-hydrogen) atoms. The van der Waals surface area contributed by atoms with Gasteiger partial charge in [-0.2, -0.15) is 4.98 Å². The lowest BCUT2D eigenvalue weighted by Gasteiger charge is -2.05. The second-order valence-electron chi connectivity index (χ2n) is 5.19. The Morgan fingerprint density at radius 3 is 2.78 bits per heavy atom. The maximum atomic E-state index is 5.28. The van der Waals surface area contributed by atoms with Gasteiger partial charge >= 0.3 is 0 Å². The minimum atomic E-state index is 0. The van der Waals surface area contributed by atoms with Gasteiger partial charge in [0.2, 0.25) is 5.89 Å². The fraction of sp³-hybridized carbons (Fsp3) is 0.846. The van der Waals surface area contributed by atoms with Gasteiger partial charge in [-0.15, -0.1) is 12.4 Å². The molecule has 1 heterocycles. The summed E-state index contributed by atoms with van der Waals surface area (Å²) in [5, 5.41) is 7.20. The standard InChI is InChI=1S/C13H23N3O.ClH/c1-10(14-2)9-12-15-13(17-16-12)8-7-11-5-3-4-6-11;/h10-11,14H,3-9H2,1-2H3;1H. The van der Waals surface area contributed by atoms with Gasteiger partial charge < -0.3 is 9.84 Å². The summed E-state index contributed by atoms with van der Waals surface area (Å²) in [6, 6.07) is 0.398. The number of rotatable bonds is 6. The van der Waals surface area contributed by atoms with Gasteiger partial charge in [-0.25, -0.2) is 0 Å².